The van der Waals surface area contributed by atoms with Crippen LogP contribution in [0.3, 0.4) is 0 Å². The number of aliphatic hydroxyl groups is 1. The number of rotatable bonds is 5. The molecule has 1 atom stereocenters. The Hall–Kier alpha value is -1.02. The number of nitrogens with one attached hydrogen (secondary N) is 1. The third-order valence-electron chi connectivity index (χ3n) is 3.41. The number of nitrogens with zero attached hydrogens (tertiary/aromatic N) is 3. The fourth-order valence-corrected chi connectivity index (χ4v) is 3.50. The van der Waals surface area contributed by atoms with Gasteiger partial charge in [-0.05, 0) is 29.1 Å². The predicted octanol–water partition coefficient (Wildman–Crippen LogP) is 2.84. The zero-order chi connectivity index (χ0) is 15.6. The van der Waals surface area contributed by atoms with Crippen LogP contribution in [-0.2, 0) is 20.3 Å². The zero-order valence-corrected chi connectivity index (χ0v) is 14.5. The topological polar surface area (TPSA) is 55.0 Å². The molecule has 0 aliphatic rings. The van der Waals surface area contributed by atoms with Crippen molar-refractivity contribution in [2.24, 2.45) is 12.5 Å². The molecular weight excluding hydrogens is 304 g/mol. The van der Waals surface area contributed by atoms with E-state index in [1.165, 1.54) is 4.88 Å². The van der Waals surface area contributed by atoms with Gasteiger partial charge < -0.3 is 9.67 Å². The van der Waals surface area contributed by atoms with Crippen LogP contribution < -0.4 is 5.32 Å². The van der Waals surface area contributed by atoms with Crippen LogP contribution in [0.5, 0.6) is 0 Å². The highest BCUT2D eigenvalue weighted by Crippen LogP contribution is 2.35. The summed E-state index contributed by atoms with van der Waals surface area (Å²) in [5, 5.41) is 19.2. The smallest absolute Gasteiger partial charge is 0.198 e. The molecule has 0 amide bonds. The van der Waals surface area contributed by atoms with Crippen LogP contribution in [0.1, 0.15) is 37.5 Å². The molecule has 0 bridgehead atoms. The highest BCUT2D eigenvalue weighted by molar-refractivity contribution is 7.71. The molecule has 2 N–H and O–H groups in total. The first kappa shape index (κ1) is 16.4. The fraction of sp³-hybridized carbons (Fsp3) is 0.571. The molecule has 21 heavy (non-hydrogen) atoms. The van der Waals surface area contributed by atoms with Gasteiger partial charge in [0.15, 0.2) is 10.6 Å². The molecule has 0 aliphatic carbocycles. The van der Waals surface area contributed by atoms with Crippen molar-refractivity contribution in [1.29, 1.82) is 0 Å². The minimum absolute atomic E-state index is 0.0849. The normalized spacial score (nSPS) is 13.6. The average molecular weight is 326 g/mol. The Morgan fingerprint density at radius 3 is 2.67 bits per heavy atom. The largest absolute Gasteiger partial charge is 0.388 e. The predicted molar refractivity (Wildman–Crippen MR) is 87.6 cm³/mol. The number of aromatic nitrogens is 3. The van der Waals surface area contributed by atoms with E-state index in [-0.39, 0.29) is 18.1 Å². The molecule has 0 radical (unpaired) electrons. The van der Waals surface area contributed by atoms with Crippen molar-refractivity contribution in [2.75, 3.05) is 0 Å². The Bertz CT molecular complexity index is 637. The Labute approximate surface area is 134 Å². The van der Waals surface area contributed by atoms with Crippen molar-refractivity contribution in [3.8, 4) is 0 Å². The Morgan fingerprint density at radius 1 is 1.48 bits per heavy atom. The van der Waals surface area contributed by atoms with E-state index in [0.717, 1.165) is 0 Å². The lowest BCUT2D eigenvalue weighted by atomic mass is 9.86. The van der Waals surface area contributed by atoms with Crippen LogP contribution >= 0.6 is 23.6 Å². The van der Waals surface area contributed by atoms with E-state index >= 15 is 0 Å². The summed E-state index contributed by atoms with van der Waals surface area (Å²) < 4.78 is 4.05. The van der Waals surface area contributed by atoms with Gasteiger partial charge in [-0.3, -0.25) is 5.32 Å². The molecule has 0 saturated heterocycles. The first-order chi connectivity index (χ1) is 9.84. The highest BCUT2D eigenvalue weighted by Gasteiger charge is 2.26. The lowest BCUT2D eigenvalue weighted by molar-refractivity contribution is 0.251. The molecular formula is C14H22N4OS2. The highest BCUT2D eigenvalue weighted by atomic mass is 32.1. The first-order valence-electron chi connectivity index (χ1n) is 6.85. The summed E-state index contributed by atoms with van der Waals surface area (Å²) in [6, 6.07) is 4.43. The lowest BCUT2D eigenvalue weighted by Gasteiger charge is -2.30. The van der Waals surface area contributed by atoms with Gasteiger partial charge in [-0.25, -0.2) is 4.68 Å². The summed E-state index contributed by atoms with van der Waals surface area (Å²) in [7, 11) is 1.82. The minimum Gasteiger partial charge on any atom is -0.388 e. The van der Waals surface area contributed by atoms with Crippen LogP contribution in [-0.4, -0.2) is 19.5 Å². The second-order valence-electron chi connectivity index (χ2n) is 6.09. The van der Waals surface area contributed by atoms with Gasteiger partial charge >= 0.3 is 0 Å². The van der Waals surface area contributed by atoms with E-state index < -0.39 is 0 Å². The molecule has 2 rings (SSSR count). The van der Waals surface area contributed by atoms with E-state index in [2.05, 4.69) is 48.7 Å². The molecule has 0 aliphatic heterocycles. The van der Waals surface area contributed by atoms with Crippen LogP contribution in [0.15, 0.2) is 17.5 Å². The molecule has 2 aromatic rings. The van der Waals surface area contributed by atoms with Crippen molar-refractivity contribution < 1.29 is 5.11 Å². The fourth-order valence-electron chi connectivity index (χ4n) is 2.24. The molecule has 116 valence electrons. The monoisotopic (exact) mass is 326 g/mol. The van der Waals surface area contributed by atoms with E-state index in [1.54, 1.807) is 20.6 Å². The van der Waals surface area contributed by atoms with Gasteiger partial charge in [0.25, 0.3) is 0 Å². The molecule has 0 fully saturated rings. The third-order valence-corrected chi connectivity index (χ3v) is 4.83. The maximum absolute atomic E-state index is 9.25. The average Bonchev–Trinajstić information content (AvgIpc) is 3.01. The number of aliphatic hydroxyl groups excluding tert-OH is 1. The molecule has 0 spiro atoms. The molecule has 2 aromatic heterocycles. The Kier molecular flexibility index (Phi) is 4.98. The lowest BCUT2D eigenvalue weighted by Crippen LogP contribution is -2.33. The van der Waals surface area contributed by atoms with Crippen molar-refractivity contribution in [1.82, 2.24) is 19.7 Å². The summed E-state index contributed by atoms with van der Waals surface area (Å²) in [5.74, 6) is 0.574. The van der Waals surface area contributed by atoms with Gasteiger partial charge in [0.2, 0.25) is 0 Å². The standard InChI is InChI=1S/C14H22N4OS2/c1-14(2,3)12(10-6-5-7-21-10)15-9-18-13(20)17(4)11(8-19)16-18/h5-7,12,15,19H,8-9H2,1-4H3. The minimum atomic E-state index is -0.110. The van der Waals surface area contributed by atoms with Crippen molar-refractivity contribution in [3.05, 3.63) is 33.0 Å². The second kappa shape index (κ2) is 6.39. The summed E-state index contributed by atoms with van der Waals surface area (Å²) in [6.45, 7) is 7.04. The molecule has 0 saturated carbocycles. The van der Waals surface area contributed by atoms with E-state index in [4.69, 9.17) is 12.2 Å². The summed E-state index contributed by atoms with van der Waals surface area (Å²) >= 11 is 7.09. The maximum atomic E-state index is 9.25. The Morgan fingerprint density at radius 2 is 2.19 bits per heavy atom. The third kappa shape index (κ3) is 3.60. The van der Waals surface area contributed by atoms with Gasteiger partial charge in [0, 0.05) is 18.0 Å². The summed E-state index contributed by atoms with van der Waals surface area (Å²) in [5.41, 5.74) is 0.0849. The zero-order valence-electron chi connectivity index (χ0n) is 12.8. The van der Waals surface area contributed by atoms with Crippen molar-refractivity contribution >= 4 is 23.6 Å². The summed E-state index contributed by atoms with van der Waals surface area (Å²) in [4.78, 5) is 1.30. The van der Waals surface area contributed by atoms with Crippen molar-refractivity contribution in [2.45, 2.75) is 40.1 Å². The molecule has 7 heteroatoms. The maximum Gasteiger partial charge on any atom is 0.198 e. The van der Waals surface area contributed by atoms with Crippen LogP contribution in [0.2, 0.25) is 0 Å². The SMILES string of the molecule is Cn1c(CO)nn(CNC(c2cccs2)C(C)(C)C)c1=S. The number of thiophene rings is 1. The van der Waals surface area contributed by atoms with Gasteiger partial charge in [0.05, 0.1) is 6.67 Å². The van der Waals surface area contributed by atoms with Crippen LogP contribution in [0, 0.1) is 10.2 Å². The summed E-state index contributed by atoms with van der Waals surface area (Å²) in [6.07, 6.45) is 0. The molecule has 5 nitrogen and oxygen atoms in total. The van der Waals surface area contributed by atoms with Gasteiger partial charge in [-0.15, -0.1) is 11.3 Å². The Balaban J connectivity index is 2.18. The van der Waals surface area contributed by atoms with Gasteiger partial charge in [-0.1, -0.05) is 26.8 Å². The van der Waals surface area contributed by atoms with E-state index in [9.17, 15) is 5.11 Å². The number of hydrogen-bond acceptors (Lipinski definition) is 5. The van der Waals surface area contributed by atoms with E-state index in [0.29, 0.717) is 17.3 Å². The van der Waals surface area contributed by atoms with Gasteiger partial charge in [0.1, 0.15) is 6.61 Å². The molecule has 0 aromatic carbocycles. The second-order valence-corrected chi connectivity index (χ2v) is 7.44. The first-order valence-corrected chi connectivity index (χ1v) is 8.13. The van der Waals surface area contributed by atoms with Crippen molar-refractivity contribution in [3.63, 3.8) is 0 Å². The quantitative estimate of drug-likeness (QED) is 0.830. The molecule has 1 unspecified atom stereocenters. The van der Waals surface area contributed by atoms with Crippen LogP contribution in [0.4, 0.5) is 0 Å². The molecule has 2 heterocycles. The number of hydrogen-bond donors (Lipinski definition) is 2. The van der Waals surface area contributed by atoms with E-state index in [1.807, 2.05) is 7.05 Å². The van der Waals surface area contributed by atoms with Gasteiger partial charge in [-0.2, -0.15) is 5.10 Å². The van der Waals surface area contributed by atoms with Crippen LogP contribution in [0.25, 0.3) is 0 Å².